The molecule has 1 N–H and O–H groups in total. The van der Waals surface area contributed by atoms with E-state index < -0.39 is 29.4 Å². The van der Waals surface area contributed by atoms with E-state index in [1.807, 2.05) is 47.4 Å². The summed E-state index contributed by atoms with van der Waals surface area (Å²) in [5.74, 6) is -3.40. The molecule has 0 aliphatic carbocycles. The van der Waals surface area contributed by atoms with Crippen LogP contribution in [0.4, 0.5) is 8.78 Å². The first kappa shape index (κ1) is 17.3. The van der Waals surface area contributed by atoms with Crippen LogP contribution < -0.4 is 0 Å². The van der Waals surface area contributed by atoms with Crippen molar-refractivity contribution in [3.8, 4) is 0 Å². The van der Waals surface area contributed by atoms with Crippen molar-refractivity contribution >= 4 is 12.0 Å². The molecule has 0 spiro atoms. The number of halogens is 2. The lowest BCUT2D eigenvalue weighted by Gasteiger charge is -2.15. The molecule has 2 aromatic rings. The third-order valence-electron chi connectivity index (χ3n) is 4.50. The molecule has 1 aliphatic heterocycles. The molecule has 1 aliphatic rings. The van der Waals surface area contributed by atoms with Gasteiger partial charge in [-0.1, -0.05) is 42.5 Å². The van der Waals surface area contributed by atoms with Gasteiger partial charge in [0.2, 0.25) is 0 Å². The molecule has 0 unspecified atom stereocenters. The van der Waals surface area contributed by atoms with Gasteiger partial charge in [0.1, 0.15) is 11.6 Å². The molecule has 3 rings (SSSR count). The maximum atomic E-state index is 13.5. The van der Waals surface area contributed by atoms with E-state index in [9.17, 15) is 18.7 Å². The van der Waals surface area contributed by atoms with Crippen molar-refractivity contribution in [1.82, 2.24) is 4.90 Å². The summed E-state index contributed by atoms with van der Waals surface area (Å²) in [5, 5.41) is 9.47. The van der Waals surface area contributed by atoms with E-state index in [-0.39, 0.29) is 0 Å². The molecule has 0 bridgehead atoms. The predicted molar refractivity (Wildman–Crippen MR) is 92.1 cm³/mol. The fourth-order valence-corrected chi connectivity index (χ4v) is 3.31. The van der Waals surface area contributed by atoms with Crippen molar-refractivity contribution < 1.29 is 18.7 Å². The Kier molecular flexibility index (Phi) is 5.24. The van der Waals surface area contributed by atoms with Gasteiger partial charge in [-0.2, -0.15) is 0 Å². The number of carboxylic acid groups (broad SMARTS) is 1. The van der Waals surface area contributed by atoms with Gasteiger partial charge < -0.3 is 5.11 Å². The maximum absolute atomic E-state index is 13.5. The zero-order valence-corrected chi connectivity index (χ0v) is 13.6. The molecular weight excluding hydrogens is 324 g/mol. The fourth-order valence-electron chi connectivity index (χ4n) is 3.31. The Bertz CT molecular complexity index is 756. The summed E-state index contributed by atoms with van der Waals surface area (Å²) >= 11 is 0. The van der Waals surface area contributed by atoms with Crippen LogP contribution in [0.5, 0.6) is 0 Å². The molecule has 0 aromatic heterocycles. The standard InChI is InChI=1S/C20H19F2NO2/c21-16-9-15(10-17(22)11-16)18-12-23(13-19(18)20(24)25)8-4-7-14-5-2-1-3-6-14/h1-7,9-11,18-19H,8,12-13H2,(H,24,25)/b7-4+/t18-,19+/m0/s1. The molecule has 5 heteroatoms. The average molecular weight is 343 g/mol. The summed E-state index contributed by atoms with van der Waals surface area (Å²) in [6, 6.07) is 13.1. The zero-order chi connectivity index (χ0) is 17.8. The van der Waals surface area contributed by atoms with Crippen molar-refractivity contribution in [3.63, 3.8) is 0 Å². The van der Waals surface area contributed by atoms with E-state index in [1.165, 1.54) is 12.1 Å². The Morgan fingerprint density at radius 1 is 1.12 bits per heavy atom. The number of nitrogens with zero attached hydrogens (tertiary/aromatic N) is 1. The van der Waals surface area contributed by atoms with Crippen molar-refractivity contribution in [2.75, 3.05) is 19.6 Å². The number of aliphatic carboxylic acids is 1. The first-order chi connectivity index (χ1) is 12.0. The lowest BCUT2D eigenvalue weighted by atomic mass is 9.89. The van der Waals surface area contributed by atoms with Crippen LogP contribution in [-0.2, 0) is 4.79 Å². The predicted octanol–water partition coefficient (Wildman–Crippen LogP) is 3.78. The van der Waals surface area contributed by atoms with Gasteiger partial charge in [0, 0.05) is 31.6 Å². The summed E-state index contributed by atoms with van der Waals surface area (Å²) in [4.78, 5) is 13.6. The number of carbonyl (C=O) groups is 1. The molecule has 0 amide bonds. The summed E-state index contributed by atoms with van der Waals surface area (Å²) in [6.45, 7) is 1.41. The summed E-state index contributed by atoms with van der Waals surface area (Å²) in [7, 11) is 0. The van der Waals surface area contributed by atoms with E-state index in [0.717, 1.165) is 11.6 Å². The number of likely N-dealkylation sites (tertiary alicyclic amines) is 1. The lowest BCUT2D eigenvalue weighted by Crippen LogP contribution is -2.23. The second kappa shape index (κ2) is 7.57. The second-order valence-electron chi connectivity index (χ2n) is 6.29. The molecule has 3 nitrogen and oxygen atoms in total. The highest BCUT2D eigenvalue weighted by atomic mass is 19.1. The van der Waals surface area contributed by atoms with Gasteiger partial charge in [-0.05, 0) is 23.3 Å². The second-order valence-corrected chi connectivity index (χ2v) is 6.29. The molecule has 130 valence electrons. The molecule has 2 atom stereocenters. The Labute approximate surface area is 145 Å². The van der Waals surface area contributed by atoms with E-state index >= 15 is 0 Å². The SMILES string of the molecule is O=C(O)[C@@H]1CN(C/C=C/c2ccccc2)C[C@H]1c1cc(F)cc(F)c1. The van der Waals surface area contributed by atoms with Gasteiger partial charge in [0.15, 0.2) is 0 Å². The quantitative estimate of drug-likeness (QED) is 0.898. The number of carboxylic acids is 1. The monoisotopic (exact) mass is 343 g/mol. The number of rotatable bonds is 5. The highest BCUT2D eigenvalue weighted by Crippen LogP contribution is 2.33. The fraction of sp³-hybridized carbons (Fsp3) is 0.250. The van der Waals surface area contributed by atoms with E-state index in [0.29, 0.717) is 25.2 Å². The van der Waals surface area contributed by atoms with Crippen LogP contribution in [0.2, 0.25) is 0 Å². The minimum absolute atomic E-state index is 0.358. The van der Waals surface area contributed by atoms with E-state index in [1.54, 1.807) is 0 Å². The highest BCUT2D eigenvalue weighted by Gasteiger charge is 2.38. The molecular formula is C20H19F2NO2. The largest absolute Gasteiger partial charge is 0.481 e. The van der Waals surface area contributed by atoms with Crippen LogP contribution in [0.15, 0.2) is 54.6 Å². The minimum atomic E-state index is -0.941. The van der Waals surface area contributed by atoms with Gasteiger partial charge in [0.25, 0.3) is 0 Å². The first-order valence-corrected chi connectivity index (χ1v) is 8.15. The third-order valence-corrected chi connectivity index (χ3v) is 4.50. The smallest absolute Gasteiger partial charge is 0.308 e. The Morgan fingerprint density at radius 2 is 1.80 bits per heavy atom. The molecule has 0 radical (unpaired) electrons. The van der Waals surface area contributed by atoms with Gasteiger partial charge >= 0.3 is 5.97 Å². The minimum Gasteiger partial charge on any atom is -0.481 e. The highest BCUT2D eigenvalue weighted by molar-refractivity contribution is 5.72. The van der Waals surface area contributed by atoms with Crippen molar-refractivity contribution in [3.05, 3.63) is 77.4 Å². The average Bonchev–Trinajstić information content (AvgIpc) is 2.99. The zero-order valence-electron chi connectivity index (χ0n) is 13.6. The van der Waals surface area contributed by atoms with Crippen LogP contribution in [0.1, 0.15) is 17.0 Å². The molecule has 0 saturated carbocycles. The van der Waals surface area contributed by atoms with Crippen molar-refractivity contribution in [2.45, 2.75) is 5.92 Å². The normalized spacial score (nSPS) is 21.0. The Morgan fingerprint density at radius 3 is 2.44 bits per heavy atom. The maximum Gasteiger partial charge on any atom is 0.308 e. The van der Waals surface area contributed by atoms with E-state index in [4.69, 9.17) is 0 Å². The van der Waals surface area contributed by atoms with Gasteiger partial charge in [-0.25, -0.2) is 8.78 Å². The lowest BCUT2D eigenvalue weighted by molar-refractivity contribution is -0.141. The van der Waals surface area contributed by atoms with Crippen molar-refractivity contribution in [2.24, 2.45) is 5.92 Å². The number of hydrogen-bond acceptors (Lipinski definition) is 2. The summed E-state index contributed by atoms with van der Waals surface area (Å²) in [5.41, 5.74) is 1.47. The molecule has 1 fully saturated rings. The van der Waals surface area contributed by atoms with Crippen molar-refractivity contribution in [1.29, 1.82) is 0 Å². The summed E-state index contributed by atoms with van der Waals surface area (Å²) < 4.78 is 27.0. The third kappa shape index (κ3) is 4.31. The number of benzene rings is 2. The number of hydrogen-bond donors (Lipinski definition) is 1. The summed E-state index contributed by atoms with van der Waals surface area (Å²) in [6.07, 6.45) is 3.95. The van der Waals surface area contributed by atoms with E-state index in [2.05, 4.69) is 0 Å². The van der Waals surface area contributed by atoms with Crippen LogP contribution in [0.3, 0.4) is 0 Å². The first-order valence-electron chi connectivity index (χ1n) is 8.15. The Balaban J connectivity index is 1.72. The van der Waals surface area contributed by atoms with Crippen LogP contribution in [0, 0.1) is 17.6 Å². The topological polar surface area (TPSA) is 40.5 Å². The Hall–Kier alpha value is -2.53. The molecule has 1 heterocycles. The van der Waals surface area contributed by atoms with Crippen LogP contribution in [0.25, 0.3) is 6.08 Å². The van der Waals surface area contributed by atoms with Gasteiger partial charge in [-0.3, -0.25) is 9.69 Å². The van der Waals surface area contributed by atoms with Crippen LogP contribution >= 0.6 is 0 Å². The molecule has 1 saturated heterocycles. The molecule has 25 heavy (non-hydrogen) atoms. The van der Waals surface area contributed by atoms with Crippen LogP contribution in [-0.4, -0.2) is 35.6 Å². The molecule has 2 aromatic carbocycles. The van der Waals surface area contributed by atoms with Gasteiger partial charge in [-0.15, -0.1) is 0 Å². The van der Waals surface area contributed by atoms with Gasteiger partial charge in [0.05, 0.1) is 5.92 Å².